The van der Waals surface area contributed by atoms with Crippen molar-refractivity contribution < 1.29 is 19.5 Å². The average molecular weight is 226 g/mol. The van der Waals surface area contributed by atoms with E-state index in [1.54, 1.807) is 13.8 Å². The molecule has 0 spiro atoms. The summed E-state index contributed by atoms with van der Waals surface area (Å²) in [5.74, 6) is 0.561. The zero-order valence-electron chi connectivity index (χ0n) is 9.16. The van der Waals surface area contributed by atoms with Crippen LogP contribution in [0.15, 0.2) is 0 Å². The third-order valence-electron chi connectivity index (χ3n) is 1.61. The van der Waals surface area contributed by atoms with Crippen LogP contribution in [-0.2, 0) is 9.59 Å². The molecule has 0 fully saturated rings. The number of rotatable bonds is 4. The van der Waals surface area contributed by atoms with Gasteiger partial charge >= 0.3 is 12.0 Å². The summed E-state index contributed by atoms with van der Waals surface area (Å²) in [5.41, 5.74) is -0.864. The molecule has 0 aromatic rings. The molecule has 0 heterocycles. The number of terminal acetylenes is 1. The van der Waals surface area contributed by atoms with Gasteiger partial charge in [-0.3, -0.25) is 14.9 Å². The van der Waals surface area contributed by atoms with E-state index in [0.29, 0.717) is 0 Å². The molecule has 0 rings (SSSR count). The lowest BCUT2D eigenvalue weighted by molar-refractivity contribution is -0.138. The van der Waals surface area contributed by atoms with Gasteiger partial charge < -0.3 is 10.4 Å². The number of urea groups is 1. The molecule has 6 nitrogen and oxygen atoms in total. The quantitative estimate of drug-likeness (QED) is 0.592. The number of nitrogens with one attached hydrogen (secondary N) is 2. The topological polar surface area (TPSA) is 95.5 Å². The van der Waals surface area contributed by atoms with E-state index >= 15 is 0 Å². The number of carbonyl (C=O) groups is 3. The highest BCUT2D eigenvalue weighted by Gasteiger charge is 2.18. The number of amides is 3. The number of carboxylic acid groups (broad SMARTS) is 1. The highest BCUT2D eigenvalue weighted by atomic mass is 16.4. The standard InChI is InChI=1S/C10H14N2O4/c1-4-10(2,3)12-9(16)11-7(13)5-6-8(14)15/h1H,5-6H2,2-3H3,(H,14,15)(H2,11,12,13,16). The van der Waals surface area contributed by atoms with E-state index in [1.807, 2.05) is 5.32 Å². The third kappa shape index (κ3) is 6.43. The van der Waals surface area contributed by atoms with E-state index < -0.39 is 23.4 Å². The second kappa shape index (κ2) is 5.75. The second-order valence-corrected chi connectivity index (χ2v) is 3.67. The monoisotopic (exact) mass is 226 g/mol. The van der Waals surface area contributed by atoms with Gasteiger partial charge in [0.05, 0.1) is 12.0 Å². The lowest BCUT2D eigenvalue weighted by atomic mass is 10.1. The first-order valence-corrected chi connectivity index (χ1v) is 4.58. The first-order chi connectivity index (χ1) is 7.26. The fourth-order valence-corrected chi connectivity index (χ4v) is 0.761. The Kier molecular flexibility index (Phi) is 5.02. The summed E-state index contributed by atoms with van der Waals surface area (Å²) in [6, 6.07) is -0.738. The van der Waals surface area contributed by atoms with E-state index in [0.717, 1.165) is 0 Å². The number of imide groups is 1. The predicted molar refractivity (Wildman–Crippen MR) is 56.5 cm³/mol. The van der Waals surface area contributed by atoms with Gasteiger partial charge in [-0.2, -0.15) is 0 Å². The zero-order chi connectivity index (χ0) is 12.8. The maximum absolute atomic E-state index is 11.2. The van der Waals surface area contributed by atoms with Crippen molar-refractivity contribution in [1.82, 2.24) is 10.6 Å². The Balaban J connectivity index is 4.03. The summed E-state index contributed by atoms with van der Waals surface area (Å²) in [4.78, 5) is 32.4. The third-order valence-corrected chi connectivity index (χ3v) is 1.61. The van der Waals surface area contributed by atoms with Crippen LogP contribution in [0.25, 0.3) is 0 Å². The van der Waals surface area contributed by atoms with E-state index in [9.17, 15) is 14.4 Å². The fraction of sp³-hybridized carbons (Fsp3) is 0.500. The SMILES string of the molecule is C#CC(C)(C)NC(=O)NC(=O)CCC(=O)O. The maximum Gasteiger partial charge on any atom is 0.322 e. The van der Waals surface area contributed by atoms with Crippen LogP contribution in [0.2, 0.25) is 0 Å². The van der Waals surface area contributed by atoms with Crippen LogP contribution in [0.5, 0.6) is 0 Å². The largest absolute Gasteiger partial charge is 0.481 e. The van der Waals surface area contributed by atoms with Crippen molar-refractivity contribution in [3.63, 3.8) is 0 Å². The minimum Gasteiger partial charge on any atom is -0.481 e. The summed E-state index contributed by atoms with van der Waals surface area (Å²) in [7, 11) is 0. The summed E-state index contributed by atoms with van der Waals surface area (Å²) in [6.07, 6.45) is 4.56. The van der Waals surface area contributed by atoms with Crippen molar-refractivity contribution in [2.24, 2.45) is 0 Å². The minimum absolute atomic E-state index is 0.251. The van der Waals surface area contributed by atoms with Gasteiger partial charge in [0.1, 0.15) is 0 Å². The Morgan fingerprint density at radius 3 is 2.31 bits per heavy atom. The molecule has 0 aromatic carbocycles. The zero-order valence-corrected chi connectivity index (χ0v) is 9.16. The summed E-state index contributed by atoms with van der Waals surface area (Å²) < 4.78 is 0. The summed E-state index contributed by atoms with van der Waals surface area (Å²) >= 11 is 0. The lowest BCUT2D eigenvalue weighted by Gasteiger charge is -2.19. The molecular formula is C10H14N2O4. The van der Waals surface area contributed by atoms with E-state index in [4.69, 9.17) is 11.5 Å². The minimum atomic E-state index is -1.10. The fourth-order valence-electron chi connectivity index (χ4n) is 0.761. The van der Waals surface area contributed by atoms with Crippen LogP contribution >= 0.6 is 0 Å². The van der Waals surface area contributed by atoms with Crippen LogP contribution in [-0.4, -0.2) is 28.6 Å². The molecule has 16 heavy (non-hydrogen) atoms. The molecule has 0 aromatic heterocycles. The highest BCUT2D eigenvalue weighted by molar-refractivity contribution is 5.95. The molecular weight excluding hydrogens is 212 g/mol. The van der Waals surface area contributed by atoms with E-state index in [-0.39, 0.29) is 12.8 Å². The molecule has 0 saturated carbocycles. The molecule has 3 N–H and O–H groups in total. The average Bonchev–Trinajstić information content (AvgIpc) is 2.13. The van der Waals surface area contributed by atoms with Crippen LogP contribution in [0.4, 0.5) is 4.79 Å². The number of aliphatic carboxylic acids is 1. The van der Waals surface area contributed by atoms with Crippen molar-refractivity contribution in [3.8, 4) is 12.3 Å². The molecule has 88 valence electrons. The van der Waals surface area contributed by atoms with Crippen molar-refractivity contribution in [1.29, 1.82) is 0 Å². The lowest BCUT2D eigenvalue weighted by Crippen LogP contribution is -2.49. The van der Waals surface area contributed by atoms with Crippen LogP contribution in [0, 0.1) is 12.3 Å². The van der Waals surface area contributed by atoms with Gasteiger partial charge in [0.25, 0.3) is 0 Å². The molecule has 0 bridgehead atoms. The molecule has 0 saturated heterocycles. The molecule has 0 atom stereocenters. The molecule has 3 amide bonds. The van der Waals surface area contributed by atoms with Crippen LogP contribution < -0.4 is 10.6 Å². The molecule has 6 heteroatoms. The number of carbonyl (C=O) groups excluding carboxylic acids is 2. The predicted octanol–water partition coefficient (Wildman–Crippen LogP) is 0.0888. The Bertz CT molecular complexity index is 341. The maximum atomic E-state index is 11.2. The number of carboxylic acids is 1. The number of hydrogen-bond donors (Lipinski definition) is 3. The summed E-state index contributed by atoms with van der Waals surface area (Å²) in [6.45, 7) is 3.18. The summed E-state index contributed by atoms with van der Waals surface area (Å²) in [5, 5.41) is 12.7. The van der Waals surface area contributed by atoms with Crippen LogP contribution in [0.1, 0.15) is 26.7 Å². The van der Waals surface area contributed by atoms with Crippen molar-refractivity contribution in [2.75, 3.05) is 0 Å². The van der Waals surface area contributed by atoms with Crippen molar-refractivity contribution in [2.45, 2.75) is 32.2 Å². The first kappa shape index (κ1) is 14.0. The molecule has 0 aliphatic heterocycles. The smallest absolute Gasteiger partial charge is 0.322 e. The van der Waals surface area contributed by atoms with Crippen LogP contribution in [0.3, 0.4) is 0 Å². The Morgan fingerprint density at radius 1 is 1.31 bits per heavy atom. The van der Waals surface area contributed by atoms with E-state index in [1.165, 1.54) is 0 Å². The highest BCUT2D eigenvalue weighted by Crippen LogP contribution is 1.98. The van der Waals surface area contributed by atoms with Gasteiger partial charge in [0, 0.05) is 6.42 Å². The molecule has 0 aliphatic carbocycles. The normalized spacial score (nSPS) is 10.1. The van der Waals surface area contributed by atoms with E-state index in [2.05, 4.69) is 11.2 Å². The van der Waals surface area contributed by atoms with Gasteiger partial charge in [0.2, 0.25) is 5.91 Å². The van der Waals surface area contributed by atoms with Gasteiger partial charge in [0.15, 0.2) is 0 Å². The van der Waals surface area contributed by atoms with Crippen molar-refractivity contribution >= 4 is 17.9 Å². The van der Waals surface area contributed by atoms with Gasteiger partial charge in [-0.1, -0.05) is 5.92 Å². The Hall–Kier alpha value is -2.03. The molecule has 0 radical (unpaired) electrons. The second-order valence-electron chi connectivity index (χ2n) is 3.67. The number of hydrogen-bond acceptors (Lipinski definition) is 3. The first-order valence-electron chi connectivity index (χ1n) is 4.58. The van der Waals surface area contributed by atoms with Gasteiger partial charge in [-0.15, -0.1) is 6.42 Å². The Labute approximate surface area is 93.4 Å². The van der Waals surface area contributed by atoms with Crippen molar-refractivity contribution in [3.05, 3.63) is 0 Å². The molecule has 0 unspecified atom stereocenters. The Morgan fingerprint density at radius 2 is 1.88 bits per heavy atom. The van der Waals surface area contributed by atoms with Gasteiger partial charge in [-0.25, -0.2) is 4.79 Å². The molecule has 0 aliphatic rings. The van der Waals surface area contributed by atoms with Gasteiger partial charge in [-0.05, 0) is 13.8 Å².